The molecule has 2 N–H and O–H groups in total. The molecular formula is C18H31IN4. The molecule has 4 nitrogen and oxygen atoms in total. The van der Waals surface area contributed by atoms with E-state index in [1.54, 1.807) is 0 Å². The van der Waals surface area contributed by atoms with Gasteiger partial charge in [0.05, 0.1) is 0 Å². The van der Waals surface area contributed by atoms with Gasteiger partial charge in [-0.3, -0.25) is 4.99 Å². The van der Waals surface area contributed by atoms with Gasteiger partial charge in [0.2, 0.25) is 0 Å². The van der Waals surface area contributed by atoms with Gasteiger partial charge in [0.15, 0.2) is 5.96 Å². The van der Waals surface area contributed by atoms with Crippen molar-refractivity contribution in [2.45, 2.75) is 52.2 Å². The smallest absolute Gasteiger partial charge is 0.191 e. The number of aliphatic imine (C=N–C) groups is 1. The number of hydrogen-bond donors (Lipinski definition) is 2. The zero-order chi connectivity index (χ0) is 15.9. The van der Waals surface area contributed by atoms with E-state index in [0.717, 1.165) is 12.5 Å². The first-order valence-electron chi connectivity index (χ1n) is 8.35. The summed E-state index contributed by atoms with van der Waals surface area (Å²) in [4.78, 5) is 6.90. The van der Waals surface area contributed by atoms with E-state index in [2.05, 4.69) is 65.6 Å². The number of halogens is 1. The summed E-state index contributed by atoms with van der Waals surface area (Å²) < 4.78 is 0. The quantitative estimate of drug-likeness (QED) is 0.438. The number of aryl methyl sites for hydroxylation is 1. The average Bonchev–Trinajstić information content (AvgIpc) is 2.52. The molecule has 0 radical (unpaired) electrons. The minimum absolute atomic E-state index is 0. The Morgan fingerprint density at radius 3 is 2.57 bits per heavy atom. The van der Waals surface area contributed by atoms with E-state index < -0.39 is 0 Å². The van der Waals surface area contributed by atoms with Crippen LogP contribution in [0.4, 0.5) is 0 Å². The summed E-state index contributed by atoms with van der Waals surface area (Å²) in [6, 6.07) is 9.76. The Morgan fingerprint density at radius 1 is 1.30 bits per heavy atom. The third kappa shape index (κ3) is 6.67. The highest BCUT2D eigenvalue weighted by molar-refractivity contribution is 14.0. The number of rotatable bonds is 4. The zero-order valence-electron chi connectivity index (χ0n) is 14.8. The van der Waals surface area contributed by atoms with Crippen molar-refractivity contribution in [2.24, 2.45) is 4.99 Å². The number of nitrogens with zero attached hydrogens (tertiary/aromatic N) is 2. The fourth-order valence-electron chi connectivity index (χ4n) is 2.96. The van der Waals surface area contributed by atoms with E-state index in [1.165, 1.54) is 37.1 Å². The molecule has 1 aliphatic rings. The van der Waals surface area contributed by atoms with Gasteiger partial charge in [-0.2, -0.15) is 0 Å². The fourth-order valence-corrected chi connectivity index (χ4v) is 2.96. The first-order chi connectivity index (χ1) is 10.6. The Morgan fingerprint density at radius 2 is 2.00 bits per heavy atom. The van der Waals surface area contributed by atoms with Crippen molar-refractivity contribution in [3.8, 4) is 0 Å². The molecule has 0 bridgehead atoms. The fraction of sp³-hybridized carbons (Fsp3) is 0.611. The molecule has 23 heavy (non-hydrogen) atoms. The molecular weight excluding hydrogens is 399 g/mol. The monoisotopic (exact) mass is 430 g/mol. The second-order valence-corrected chi connectivity index (χ2v) is 6.46. The van der Waals surface area contributed by atoms with Crippen LogP contribution in [0.15, 0.2) is 29.3 Å². The lowest BCUT2D eigenvalue weighted by atomic mass is 10.0. The molecule has 1 heterocycles. The molecule has 1 fully saturated rings. The average molecular weight is 430 g/mol. The lowest BCUT2D eigenvalue weighted by Crippen LogP contribution is -2.49. The highest BCUT2D eigenvalue weighted by Crippen LogP contribution is 2.12. The molecule has 0 atom stereocenters. The van der Waals surface area contributed by atoms with Crippen LogP contribution in [0.3, 0.4) is 0 Å². The maximum atomic E-state index is 4.35. The summed E-state index contributed by atoms with van der Waals surface area (Å²) in [6.45, 7) is 9.83. The summed E-state index contributed by atoms with van der Waals surface area (Å²) in [5.74, 6) is 0.907. The SMILES string of the molecule is CN=C(NCc1cccc(C)c1)NC1CCN(C(C)C)CC1.I. The molecule has 1 aromatic rings. The second-order valence-electron chi connectivity index (χ2n) is 6.46. The maximum Gasteiger partial charge on any atom is 0.191 e. The van der Waals surface area contributed by atoms with Crippen molar-refractivity contribution in [3.05, 3.63) is 35.4 Å². The predicted octanol–water partition coefficient (Wildman–Crippen LogP) is 3.15. The molecule has 1 aromatic carbocycles. The Hall–Kier alpha value is -0.820. The first-order valence-corrected chi connectivity index (χ1v) is 8.35. The van der Waals surface area contributed by atoms with E-state index in [-0.39, 0.29) is 24.0 Å². The van der Waals surface area contributed by atoms with Crippen LogP contribution in [-0.4, -0.2) is 43.1 Å². The van der Waals surface area contributed by atoms with Gasteiger partial charge in [0, 0.05) is 38.8 Å². The standard InChI is InChI=1S/C18H30N4.HI/c1-14(2)22-10-8-17(9-11-22)21-18(19-4)20-13-16-7-5-6-15(3)12-16;/h5-7,12,14,17H,8-11,13H2,1-4H3,(H2,19,20,21);1H. The van der Waals surface area contributed by atoms with Gasteiger partial charge in [-0.05, 0) is 39.2 Å². The molecule has 0 unspecified atom stereocenters. The van der Waals surface area contributed by atoms with Gasteiger partial charge in [-0.15, -0.1) is 24.0 Å². The Labute approximate surface area is 158 Å². The van der Waals surface area contributed by atoms with Crippen molar-refractivity contribution in [1.82, 2.24) is 15.5 Å². The van der Waals surface area contributed by atoms with Crippen molar-refractivity contribution >= 4 is 29.9 Å². The molecule has 0 amide bonds. The number of hydrogen-bond acceptors (Lipinski definition) is 2. The lowest BCUT2D eigenvalue weighted by molar-refractivity contribution is 0.167. The number of benzene rings is 1. The molecule has 5 heteroatoms. The number of likely N-dealkylation sites (tertiary alicyclic amines) is 1. The normalized spacial score (nSPS) is 17.0. The highest BCUT2D eigenvalue weighted by atomic mass is 127. The molecule has 1 aliphatic heterocycles. The van der Waals surface area contributed by atoms with Crippen molar-refractivity contribution < 1.29 is 0 Å². The third-order valence-corrected chi connectivity index (χ3v) is 4.37. The maximum absolute atomic E-state index is 4.35. The van der Waals surface area contributed by atoms with Crippen molar-refractivity contribution in [3.63, 3.8) is 0 Å². The Bertz CT molecular complexity index is 494. The van der Waals surface area contributed by atoms with Crippen molar-refractivity contribution in [2.75, 3.05) is 20.1 Å². The van der Waals surface area contributed by atoms with E-state index in [4.69, 9.17) is 0 Å². The molecule has 1 saturated heterocycles. The molecule has 0 saturated carbocycles. The molecule has 130 valence electrons. The summed E-state index contributed by atoms with van der Waals surface area (Å²) in [5.41, 5.74) is 2.58. The van der Waals surface area contributed by atoms with E-state index in [1.807, 2.05) is 7.05 Å². The molecule has 0 aromatic heterocycles. The van der Waals surface area contributed by atoms with Crippen LogP contribution in [0.1, 0.15) is 37.8 Å². The molecule has 0 aliphatic carbocycles. The van der Waals surface area contributed by atoms with Crippen LogP contribution in [-0.2, 0) is 6.54 Å². The van der Waals surface area contributed by atoms with Gasteiger partial charge in [0.25, 0.3) is 0 Å². The first kappa shape index (κ1) is 20.2. The van der Waals surface area contributed by atoms with Crippen LogP contribution in [0.2, 0.25) is 0 Å². The van der Waals surface area contributed by atoms with E-state index in [0.29, 0.717) is 12.1 Å². The van der Waals surface area contributed by atoms with Gasteiger partial charge in [-0.25, -0.2) is 0 Å². The van der Waals surface area contributed by atoms with Crippen LogP contribution in [0.5, 0.6) is 0 Å². The highest BCUT2D eigenvalue weighted by Gasteiger charge is 2.21. The molecule has 2 rings (SSSR count). The summed E-state index contributed by atoms with van der Waals surface area (Å²) in [5, 5.41) is 6.98. The Kier molecular flexibility index (Phi) is 8.91. The van der Waals surface area contributed by atoms with Gasteiger partial charge in [0.1, 0.15) is 0 Å². The summed E-state index contributed by atoms with van der Waals surface area (Å²) >= 11 is 0. The molecule has 0 spiro atoms. The van der Waals surface area contributed by atoms with Crippen molar-refractivity contribution in [1.29, 1.82) is 0 Å². The van der Waals surface area contributed by atoms with E-state index in [9.17, 15) is 0 Å². The largest absolute Gasteiger partial charge is 0.354 e. The number of piperidine rings is 1. The van der Waals surface area contributed by atoms with E-state index >= 15 is 0 Å². The number of guanidine groups is 1. The van der Waals surface area contributed by atoms with Crippen LogP contribution >= 0.6 is 24.0 Å². The number of nitrogens with one attached hydrogen (secondary N) is 2. The van der Waals surface area contributed by atoms with Gasteiger partial charge in [-0.1, -0.05) is 29.8 Å². The summed E-state index contributed by atoms with van der Waals surface area (Å²) in [6.07, 6.45) is 2.37. The topological polar surface area (TPSA) is 39.7 Å². The van der Waals surface area contributed by atoms with Crippen LogP contribution < -0.4 is 10.6 Å². The van der Waals surface area contributed by atoms with Crippen LogP contribution in [0.25, 0.3) is 0 Å². The van der Waals surface area contributed by atoms with Crippen LogP contribution in [0, 0.1) is 6.92 Å². The minimum atomic E-state index is 0. The van der Waals surface area contributed by atoms with Gasteiger partial charge < -0.3 is 15.5 Å². The lowest BCUT2D eigenvalue weighted by Gasteiger charge is -2.35. The van der Waals surface area contributed by atoms with Gasteiger partial charge >= 0.3 is 0 Å². The zero-order valence-corrected chi connectivity index (χ0v) is 17.1. The Balaban J connectivity index is 0.00000264. The predicted molar refractivity (Wildman–Crippen MR) is 110 cm³/mol. The summed E-state index contributed by atoms with van der Waals surface area (Å²) in [7, 11) is 1.84. The second kappa shape index (κ2) is 10.1. The third-order valence-electron chi connectivity index (χ3n) is 4.37. The minimum Gasteiger partial charge on any atom is -0.354 e.